The number of nitrogens with zero attached hydrogens (tertiary/aromatic N) is 1. The number of esters is 1. The SMILES string of the molecule is CCOC(=O)C[C@@H](c1cccc(-c2ccccc2)c1C)N(Cc1ccccc1)[C@H](C)c1ccccc1. The van der Waals surface area contributed by atoms with E-state index in [9.17, 15) is 4.79 Å². The second-order valence-corrected chi connectivity index (χ2v) is 9.16. The summed E-state index contributed by atoms with van der Waals surface area (Å²) in [6.07, 6.45) is 0.289. The summed E-state index contributed by atoms with van der Waals surface area (Å²) in [7, 11) is 0. The Kier molecular flexibility index (Phi) is 8.70. The molecule has 0 aliphatic heterocycles. The molecule has 0 spiro atoms. The van der Waals surface area contributed by atoms with E-state index in [4.69, 9.17) is 4.74 Å². The van der Waals surface area contributed by atoms with Gasteiger partial charge in [0, 0.05) is 18.6 Å². The molecule has 0 saturated carbocycles. The normalized spacial score (nSPS) is 12.8. The van der Waals surface area contributed by atoms with Gasteiger partial charge in [-0.3, -0.25) is 9.69 Å². The fraction of sp³-hybridized carbons (Fsp3) is 0.242. The van der Waals surface area contributed by atoms with Crippen molar-refractivity contribution < 1.29 is 9.53 Å². The van der Waals surface area contributed by atoms with E-state index >= 15 is 0 Å². The molecule has 4 aromatic rings. The number of carbonyl (C=O) groups excluding carboxylic acids is 1. The monoisotopic (exact) mass is 477 g/mol. The van der Waals surface area contributed by atoms with Crippen molar-refractivity contribution in [2.45, 2.75) is 45.8 Å². The van der Waals surface area contributed by atoms with Crippen molar-refractivity contribution in [1.82, 2.24) is 4.90 Å². The number of hydrogen-bond acceptors (Lipinski definition) is 3. The molecule has 36 heavy (non-hydrogen) atoms. The molecular weight excluding hydrogens is 442 g/mol. The standard InChI is InChI=1S/C33H35NO2/c1-4-36-33(35)23-32(31-22-14-21-30(25(31)2)29-19-12-7-13-20-29)34(24-27-15-8-5-9-16-27)26(3)28-17-10-6-11-18-28/h5-22,26,32H,4,23-24H2,1-3H3/t26-,32+/m1/s1. The van der Waals surface area contributed by atoms with Crippen LogP contribution in [0.5, 0.6) is 0 Å². The lowest BCUT2D eigenvalue weighted by molar-refractivity contribution is -0.145. The smallest absolute Gasteiger partial charge is 0.307 e. The first kappa shape index (κ1) is 25.4. The molecule has 0 aliphatic rings. The second kappa shape index (κ2) is 12.3. The van der Waals surface area contributed by atoms with Crippen molar-refractivity contribution in [2.75, 3.05) is 6.61 Å². The first-order valence-corrected chi connectivity index (χ1v) is 12.7. The molecule has 0 aromatic heterocycles. The van der Waals surface area contributed by atoms with Gasteiger partial charge in [0.15, 0.2) is 0 Å². The minimum Gasteiger partial charge on any atom is -0.466 e. The van der Waals surface area contributed by atoms with E-state index in [2.05, 4.69) is 110 Å². The van der Waals surface area contributed by atoms with Gasteiger partial charge in [0.05, 0.1) is 13.0 Å². The molecule has 0 radical (unpaired) electrons. The van der Waals surface area contributed by atoms with Gasteiger partial charge in [-0.05, 0) is 54.2 Å². The van der Waals surface area contributed by atoms with Crippen LogP contribution in [0, 0.1) is 6.92 Å². The fourth-order valence-corrected chi connectivity index (χ4v) is 4.96. The third-order valence-corrected chi connectivity index (χ3v) is 6.87. The summed E-state index contributed by atoms with van der Waals surface area (Å²) in [5.41, 5.74) is 7.15. The summed E-state index contributed by atoms with van der Waals surface area (Å²) in [5.74, 6) is -0.176. The van der Waals surface area contributed by atoms with Crippen molar-refractivity contribution >= 4 is 5.97 Å². The average molecular weight is 478 g/mol. The predicted octanol–water partition coefficient (Wildman–Crippen LogP) is 7.92. The van der Waals surface area contributed by atoms with E-state index in [-0.39, 0.29) is 24.5 Å². The van der Waals surface area contributed by atoms with Gasteiger partial charge < -0.3 is 4.74 Å². The summed E-state index contributed by atoms with van der Waals surface area (Å²) in [6.45, 7) is 7.36. The Bertz CT molecular complexity index is 1240. The van der Waals surface area contributed by atoms with Crippen molar-refractivity contribution in [1.29, 1.82) is 0 Å². The zero-order valence-electron chi connectivity index (χ0n) is 21.4. The van der Waals surface area contributed by atoms with Crippen molar-refractivity contribution in [3.63, 3.8) is 0 Å². The highest BCUT2D eigenvalue weighted by molar-refractivity contribution is 5.72. The molecule has 3 nitrogen and oxygen atoms in total. The Hall–Kier alpha value is -3.69. The Balaban J connectivity index is 1.83. The topological polar surface area (TPSA) is 29.5 Å². The lowest BCUT2D eigenvalue weighted by Crippen LogP contribution is -2.33. The molecule has 4 aromatic carbocycles. The van der Waals surface area contributed by atoms with E-state index in [1.807, 2.05) is 25.1 Å². The Labute approximate surface area is 215 Å². The van der Waals surface area contributed by atoms with Gasteiger partial charge in [-0.25, -0.2) is 0 Å². The molecule has 3 heteroatoms. The van der Waals surface area contributed by atoms with Crippen LogP contribution < -0.4 is 0 Å². The quantitative estimate of drug-likeness (QED) is 0.217. The van der Waals surface area contributed by atoms with Crippen molar-refractivity contribution in [2.24, 2.45) is 0 Å². The predicted molar refractivity (Wildman–Crippen MR) is 147 cm³/mol. The summed E-state index contributed by atoms with van der Waals surface area (Å²) in [4.78, 5) is 15.4. The van der Waals surface area contributed by atoms with E-state index < -0.39 is 0 Å². The van der Waals surface area contributed by atoms with Crippen LogP contribution >= 0.6 is 0 Å². The van der Waals surface area contributed by atoms with Crippen LogP contribution in [0.1, 0.15) is 54.6 Å². The molecule has 0 bridgehead atoms. The maximum atomic E-state index is 13.0. The number of hydrogen-bond donors (Lipinski definition) is 0. The molecule has 0 unspecified atom stereocenters. The van der Waals surface area contributed by atoms with Crippen LogP contribution in [0.25, 0.3) is 11.1 Å². The average Bonchev–Trinajstić information content (AvgIpc) is 2.92. The van der Waals surface area contributed by atoms with Gasteiger partial charge in [-0.15, -0.1) is 0 Å². The lowest BCUT2D eigenvalue weighted by atomic mass is 9.89. The molecule has 184 valence electrons. The molecule has 0 fully saturated rings. The largest absolute Gasteiger partial charge is 0.466 e. The van der Waals surface area contributed by atoms with Crippen LogP contribution in [0.2, 0.25) is 0 Å². The van der Waals surface area contributed by atoms with Gasteiger partial charge >= 0.3 is 5.97 Å². The summed E-state index contributed by atoms with van der Waals surface area (Å²) in [6, 6.07) is 37.8. The van der Waals surface area contributed by atoms with Gasteiger partial charge in [0.2, 0.25) is 0 Å². The highest BCUT2D eigenvalue weighted by Gasteiger charge is 2.30. The number of carbonyl (C=O) groups is 1. The van der Waals surface area contributed by atoms with E-state index in [0.717, 1.165) is 12.1 Å². The number of rotatable bonds is 10. The van der Waals surface area contributed by atoms with Crippen LogP contribution in [0.4, 0.5) is 0 Å². The fourth-order valence-electron chi connectivity index (χ4n) is 4.96. The molecule has 0 saturated heterocycles. The molecule has 0 aliphatic carbocycles. The molecule has 0 amide bonds. The minimum absolute atomic E-state index is 0.0885. The zero-order valence-corrected chi connectivity index (χ0v) is 21.4. The lowest BCUT2D eigenvalue weighted by Gasteiger charge is -2.38. The van der Waals surface area contributed by atoms with Gasteiger partial charge in [-0.2, -0.15) is 0 Å². The zero-order chi connectivity index (χ0) is 25.3. The molecule has 4 rings (SSSR count). The first-order valence-electron chi connectivity index (χ1n) is 12.7. The van der Waals surface area contributed by atoms with E-state index in [0.29, 0.717) is 6.61 Å². The molecular formula is C33H35NO2. The summed E-state index contributed by atoms with van der Waals surface area (Å²) < 4.78 is 5.47. The van der Waals surface area contributed by atoms with Gasteiger partial charge in [-0.1, -0.05) is 109 Å². The van der Waals surface area contributed by atoms with E-state index in [1.54, 1.807) is 0 Å². The van der Waals surface area contributed by atoms with E-state index in [1.165, 1.54) is 27.8 Å². The van der Waals surface area contributed by atoms with Crippen LogP contribution in [-0.4, -0.2) is 17.5 Å². The van der Waals surface area contributed by atoms with Crippen molar-refractivity contribution in [3.8, 4) is 11.1 Å². The van der Waals surface area contributed by atoms with Gasteiger partial charge in [0.25, 0.3) is 0 Å². The molecule has 0 N–H and O–H groups in total. The Morgan fingerprint density at radius 1 is 0.806 bits per heavy atom. The second-order valence-electron chi connectivity index (χ2n) is 9.16. The maximum Gasteiger partial charge on any atom is 0.307 e. The van der Waals surface area contributed by atoms with Gasteiger partial charge in [0.1, 0.15) is 0 Å². The number of ether oxygens (including phenoxy) is 1. The first-order chi connectivity index (χ1) is 17.6. The Morgan fingerprint density at radius 3 is 2.06 bits per heavy atom. The molecule has 2 atom stereocenters. The summed E-state index contributed by atoms with van der Waals surface area (Å²) >= 11 is 0. The summed E-state index contributed by atoms with van der Waals surface area (Å²) in [5, 5.41) is 0. The number of benzene rings is 4. The maximum absolute atomic E-state index is 13.0. The highest BCUT2D eigenvalue weighted by atomic mass is 16.5. The molecule has 0 heterocycles. The third-order valence-electron chi connectivity index (χ3n) is 6.87. The van der Waals surface area contributed by atoms with Crippen LogP contribution in [-0.2, 0) is 16.1 Å². The Morgan fingerprint density at radius 2 is 1.42 bits per heavy atom. The minimum atomic E-state index is -0.176. The van der Waals surface area contributed by atoms with Crippen LogP contribution in [0.3, 0.4) is 0 Å². The van der Waals surface area contributed by atoms with Crippen LogP contribution in [0.15, 0.2) is 109 Å². The highest BCUT2D eigenvalue weighted by Crippen LogP contribution is 2.38. The van der Waals surface area contributed by atoms with Crippen molar-refractivity contribution in [3.05, 3.63) is 131 Å². The third kappa shape index (κ3) is 6.10.